The highest BCUT2D eigenvalue weighted by Gasteiger charge is 2.12. The summed E-state index contributed by atoms with van der Waals surface area (Å²) in [6.07, 6.45) is 1.30. The molecule has 6 nitrogen and oxygen atoms in total. The lowest BCUT2D eigenvalue weighted by molar-refractivity contribution is -0.122. The molecule has 1 amide bonds. The van der Waals surface area contributed by atoms with E-state index < -0.39 is 11.2 Å². The highest BCUT2D eigenvalue weighted by molar-refractivity contribution is 5.76. The van der Waals surface area contributed by atoms with Crippen LogP contribution in [0.25, 0.3) is 0 Å². The maximum atomic E-state index is 12.0. The van der Waals surface area contributed by atoms with Gasteiger partial charge in [-0.05, 0) is 25.0 Å². The van der Waals surface area contributed by atoms with Crippen LogP contribution in [0.5, 0.6) is 0 Å². The molecule has 1 atom stereocenters. The van der Waals surface area contributed by atoms with Gasteiger partial charge in [-0.25, -0.2) is 4.79 Å². The Labute approximate surface area is 121 Å². The monoisotopic (exact) mass is 287 g/mol. The molecule has 1 heterocycles. The van der Waals surface area contributed by atoms with Gasteiger partial charge in [-0.2, -0.15) is 0 Å². The number of hydrogen-bond donors (Lipinski definition) is 2. The average Bonchev–Trinajstić information content (AvgIpc) is 2.42. The van der Waals surface area contributed by atoms with Crippen LogP contribution in [0.3, 0.4) is 0 Å². The molecule has 1 aromatic carbocycles. The van der Waals surface area contributed by atoms with Crippen molar-refractivity contribution in [1.82, 2.24) is 14.9 Å². The number of nitrogens with zero attached hydrogens (tertiary/aromatic N) is 1. The van der Waals surface area contributed by atoms with Crippen LogP contribution in [0.1, 0.15) is 24.1 Å². The molecule has 0 fully saturated rings. The molecule has 1 aromatic heterocycles. The van der Waals surface area contributed by atoms with Crippen molar-refractivity contribution in [3.8, 4) is 0 Å². The molecule has 0 aliphatic heterocycles. The highest BCUT2D eigenvalue weighted by atomic mass is 16.2. The zero-order valence-corrected chi connectivity index (χ0v) is 11.9. The Hall–Kier alpha value is -2.63. The third kappa shape index (κ3) is 3.68. The summed E-state index contributed by atoms with van der Waals surface area (Å²) in [4.78, 5) is 36.6. The van der Waals surface area contributed by atoms with Crippen molar-refractivity contribution < 1.29 is 4.79 Å². The van der Waals surface area contributed by atoms with Gasteiger partial charge < -0.3 is 5.32 Å². The van der Waals surface area contributed by atoms with Gasteiger partial charge in [0.1, 0.15) is 6.54 Å². The van der Waals surface area contributed by atoms with Crippen LogP contribution in [0, 0.1) is 6.92 Å². The second kappa shape index (κ2) is 6.21. The first-order chi connectivity index (χ1) is 9.97. The number of aryl methyl sites for hydroxylation is 1. The number of carbonyl (C=O) groups excluding carboxylic acids is 1. The molecule has 0 bridgehead atoms. The lowest BCUT2D eigenvalue weighted by atomic mass is 10.0. The maximum Gasteiger partial charge on any atom is 0.328 e. The summed E-state index contributed by atoms with van der Waals surface area (Å²) < 4.78 is 1.15. The number of nitrogens with one attached hydrogen (secondary N) is 2. The predicted octanol–water partition coefficient (Wildman–Crippen LogP) is 0.722. The number of amides is 1. The van der Waals surface area contributed by atoms with Crippen LogP contribution in [-0.4, -0.2) is 15.5 Å². The number of H-pyrrole nitrogens is 1. The van der Waals surface area contributed by atoms with Crippen molar-refractivity contribution in [3.05, 3.63) is 68.5 Å². The van der Waals surface area contributed by atoms with E-state index in [-0.39, 0.29) is 18.5 Å². The van der Waals surface area contributed by atoms with E-state index in [0.717, 1.165) is 15.7 Å². The van der Waals surface area contributed by atoms with Gasteiger partial charge in [0.05, 0.1) is 6.04 Å². The number of benzene rings is 1. The average molecular weight is 287 g/mol. The van der Waals surface area contributed by atoms with Crippen LogP contribution < -0.4 is 16.6 Å². The SMILES string of the molecule is Cc1ccccc1[C@H](C)NC(=O)Cn1ccc(=O)[nH]c1=O. The highest BCUT2D eigenvalue weighted by Crippen LogP contribution is 2.16. The van der Waals surface area contributed by atoms with E-state index in [1.54, 1.807) is 0 Å². The summed E-state index contributed by atoms with van der Waals surface area (Å²) in [5.41, 5.74) is 1.04. The third-order valence-electron chi connectivity index (χ3n) is 3.24. The molecule has 0 unspecified atom stereocenters. The first-order valence-electron chi connectivity index (χ1n) is 6.62. The van der Waals surface area contributed by atoms with Gasteiger partial charge in [0.25, 0.3) is 5.56 Å². The van der Waals surface area contributed by atoms with E-state index in [9.17, 15) is 14.4 Å². The van der Waals surface area contributed by atoms with Crippen molar-refractivity contribution in [3.63, 3.8) is 0 Å². The van der Waals surface area contributed by atoms with E-state index in [1.165, 1.54) is 12.3 Å². The van der Waals surface area contributed by atoms with Crippen molar-refractivity contribution in [2.24, 2.45) is 0 Å². The lowest BCUT2D eigenvalue weighted by Crippen LogP contribution is -2.36. The van der Waals surface area contributed by atoms with Crippen molar-refractivity contribution in [2.75, 3.05) is 0 Å². The molecule has 6 heteroatoms. The quantitative estimate of drug-likeness (QED) is 0.869. The van der Waals surface area contributed by atoms with Crippen LogP contribution in [0.4, 0.5) is 0 Å². The Bertz CT molecular complexity index is 761. The normalized spacial score (nSPS) is 11.9. The Morgan fingerprint density at radius 1 is 1.29 bits per heavy atom. The van der Waals surface area contributed by atoms with E-state index in [1.807, 2.05) is 38.1 Å². The first-order valence-corrected chi connectivity index (χ1v) is 6.62. The fourth-order valence-electron chi connectivity index (χ4n) is 2.16. The van der Waals surface area contributed by atoms with E-state index in [4.69, 9.17) is 0 Å². The zero-order chi connectivity index (χ0) is 15.4. The molecule has 110 valence electrons. The smallest absolute Gasteiger partial charge is 0.328 e. The fraction of sp³-hybridized carbons (Fsp3) is 0.267. The Morgan fingerprint density at radius 3 is 2.67 bits per heavy atom. The summed E-state index contributed by atoms with van der Waals surface area (Å²) in [7, 11) is 0. The lowest BCUT2D eigenvalue weighted by Gasteiger charge is -2.16. The minimum absolute atomic E-state index is 0.133. The van der Waals surface area contributed by atoms with Gasteiger partial charge in [0.15, 0.2) is 0 Å². The first kappa shape index (κ1) is 14.8. The topological polar surface area (TPSA) is 84.0 Å². The standard InChI is InChI=1S/C15H17N3O3/c1-10-5-3-4-6-12(10)11(2)16-14(20)9-18-8-7-13(19)17-15(18)21/h3-8,11H,9H2,1-2H3,(H,16,20)(H,17,19,21)/t11-/m0/s1. The molecule has 2 N–H and O–H groups in total. The van der Waals surface area contributed by atoms with E-state index in [2.05, 4.69) is 10.3 Å². The van der Waals surface area contributed by atoms with Crippen molar-refractivity contribution >= 4 is 5.91 Å². The maximum absolute atomic E-state index is 12.0. The predicted molar refractivity (Wildman–Crippen MR) is 79.1 cm³/mol. The molecule has 0 radical (unpaired) electrons. The number of carbonyl (C=O) groups is 1. The Balaban J connectivity index is 2.07. The molecule has 0 aliphatic rings. The number of rotatable bonds is 4. The molecule has 0 aliphatic carbocycles. The third-order valence-corrected chi connectivity index (χ3v) is 3.24. The van der Waals surface area contributed by atoms with Gasteiger partial charge in [0.2, 0.25) is 5.91 Å². The van der Waals surface area contributed by atoms with Crippen LogP contribution in [0.2, 0.25) is 0 Å². The zero-order valence-electron chi connectivity index (χ0n) is 11.9. The second-order valence-electron chi connectivity index (χ2n) is 4.88. The van der Waals surface area contributed by atoms with E-state index >= 15 is 0 Å². The molecule has 0 saturated carbocycles. The number of aromatic amines is 1. The minimum atomic E-state index is -0.596. The molecular formula is C15H17N3O3. The number of hydrogen-bond acceptors (Lipinski definition) is 3. The summed E-state index contributed by atoms with van der Waals surface area (Å²) in [6.45, 7) is 3.73. The summed E-state index contributed by atoms with van der Waals surface area (Å²) in [6, 6.07) is 8.83. The summed E-state index contributed by atoms with van der Waals surface area (Å²) >= 11 is 0. The van der Waals surface area contributed by atoms with Gasteiger partial charge in [-0.3, -0.25) is 19.1 Å². The molecule has 0 saturated heterocycles. The van der Waals surface area contributed by atoms with Crippen molar-refractivity contribution in [1.29, 1.82) is 0 Å². The van der Waals surface area contributed by atoms with Gasteiger partial charge >= 0.3 is 5.69 Å². The summed E-state index contributed by atoms with van der Waals surface area (Å²) in [5.74, 6) is -0.292. The molecule has 21 heavy (non-hydrogen) atoms. The van der Waals surface area contributed by atoms with Gasteiger partial charge in [-0.15, -0.1) is 0 Å². The second-order valence-corrected chi connectivity index (χ2v) is 4.88. The van der Waals surface area contributed by atoms with Crippen LogP contribution in [0.15, 0.2) is 46.1 Å². The summed E-state index contributed by atoms with van der Waals surface area (Å²) in [5, 5.41) is 2.84. The molecule has 2 aromatic rings. The van der Waals surface area contributed by atoms with Gasteiger partial charge in [-0.1, -0.05) is 24.3 Å². The Morgan fingerprint density at radius 2 is 2.00 bits per heavy atom. The number of aromatic nitrogens is 2. The van der Waals surface area contributed by atoms with Crippen LogP contribution in [-0.2, 0) is 11.3 Å². The Kier molecular flexibility index (Phi) is 4.37. The molecular weight excluding hydrogens is 270 g/mol. The minimum Gasteiger partial charge on any atom is -0.348 e. The fourth-order valence-corrected chi connectivity index (χ4v) is 2.16. The largest absolute Gasteiger partial charge is 0.348 e. The van der Waals surface area contributed by atoms with E-state index in [0.29, 0.717) is 0 Å². The van der Waals surface area contributed by atoms with Gasteiger partial charge in [0, 0.05) is 12.3 Å². The van der Waals surface area contributed by atoms with Crippen molar-refractivity contribution in [2.45, 2.75) is 26.4 Å². The van der Waals surface area contributed by atoms with Crippen LogP contribution >= 0.6 is 0 Å². The molecule has 2 rings (SSSR count). The molecule has 0 spiro atoms.